The smallest absolute Gasteiger partial charge is 0.310 e. The van der Waals surface area contributed by atoms with E-state index in [1.807, 2.05) is 0 Å². The lowest BCUT2D eigenvalue weighted by Crippen LogP contribution is -2.33. The van der Waals surface area contributed by atoms with Crippen molar-refractivity contribution in [3.63, 3.8) is 0 Å². The molecule has 0 unspecified atom stereocenters. The molecule has 20 heavy (non-hydrogen) atoms. The van der Waals surface area contributed by atoms with Crippen LogP contribution < -0.4 is 4.72 Å². The Kier molecular flexibility index (Phi) is 6.16. The number of carbonyl (C=O) groups excluding carboxylic acids is 1. The molecule has 1 aromatic carbocycles. The van der Waals surface area contributed by atoms with Gasteiger partial charge in [-0.3, -0.25) is 4.79 Å². The quantitative estimate of drug-likeness (QED) is 0.787. The van der Waals surface area contributed by atoms with Crippen molar-refractivity contribution in [3.05, 3.63) is 28.7 Å². The first kappa shape index (κ1) is 17.1. The maximum atomic E-state index is 12.1. The number of nitrogens with one attached hydrogen (secondary N) is 1. The first-order chi connectivity index (χ1) is 9.24. The third-order valence-electron chi connectivity index (χ3n) is 2.46. The Hall–Kier alpha value is -0.920. The van der Waals surface area contributed by atoms with Gasteiger partial charge in [-0.2, -0.15) is 0 Å². The Balaban J connectivity index is 2.70. The number of halogens is 1. The van der Waals surface area contributed by atoms with Gasteiger partial charge in [0.2, 0.25) is 10.0 Å². The Morgan fingerprint density at radius 1 is 1.30 bits per heavy atom. The van der Waals surface area contributed by atoms with Crippen LogP contribution in [0.5, 0.6) is 0 Å². The van der Waals surface area contributed by atoms with Crippen LogP contribution in [0.1, 0.15) is 20.8 Å². The molecule has 0 aliphatic carbocycles. The fraction of sp³-hybridized carbons (Fsp3) is 0.462. The van der Waals surface area contributed by atoms with E-state index in [1.54, 1.807) is 39.0 Å². The number of carbonyl (C=O) groups is 1. The van der Waals surface area contributed by atoms with Crippen molar-refractivity contribution >= 4 is 31.9 Å². The lowest BCUT2D eigenvalue weighted by Gasteiger charge is -2.15. The fourth-order valence-electron chi connectivity index (χ4n) is 1.41. The highest BCUT2D eigenvalue weighted by Crippen LogP contribution is 2.20. The molecule has 0 fully saturated rings. The number of rotatable bonds is 6. The summed E-state index contributed by atoms with van der Waals surface area (Å²) < 4.78 is 32.1. The van der Waals surface area contributed by atoms with Crippen molar-refractivity contribution in [2.24, 2.45) is 5.92 Å². The minimum absolute atomic E-state index is 0.00474. The van der Waals surface area contributed by atoms with E-state index in [0.717, 1.165) is 0 Å². The van der Waals surface area contributed by atoms with Crippen molar-refractivity contribution in [3.8, 4) is 0 Å². The molecular formula is C13H18BrNO4S. The van der Waals surface area contributed by atoms with E-state index in [-0.39, 0.29) is 17.5 Å². The highest BCUT2D eigenvalue weighted by Gasteiger charge is 2.21. The van der Waals surface area contributed by atoms with Crippen molar-refractivity contribution in [2.45, 2.75) is 31.8 Å². The second-order valence-corrected chi connectivity index (χ2v) is 7.26. The number of hydrogen-bond donors (Lipinski definition) is 1. The first-order valence-electron chi connectivity index (χ1n) is 6.18. The summed E-state index contributed by atoms with van der Waals surface area (Å²) in [5, 5.41) is 0. The molecule has 1 atom stereocenters. The molecular weight excluding hydrogens is 346 g/mol. The van der Waals surface area contributed by atoms with Crippen molar-refractivity contribution < 1.29 is 17.9 Å². The average molecular weight is 364 g/mol. The maximum Gasteiger partial charge on any atom is 0.310 e. The molecule has 0 aromatic heterocycles. The normalized spacial score (nSPS) is 13.2. The predicted octanol–water partition coefficient (Wildman–Crippen LogP) is 2.32. The second-order valence-electron chi connectivity index (χ2n) is 4.67. The van der Waals surface area contributed by atoms with E-state index in [2.05, 4.69) is 20.7 Å². The summed E-state index contributed by atoms with van der Waals surface area (Å²) in [6, 6.07) is 6.50. The molecule has 7 heteroatoms. The van der Waals surface area contributed by atoms with Gasteiger partial charge in [0.15, 0.2) is 0 Å². The van der Waals surface area contributed by atoms with Crippen LogP contribution in [0.15, 0.2) is 33.6 Å². The highest BCUT2D eigenvalue weighted by atomic mass is 79.9. The highest BCUT2D eigenvalue weighted by molar-refractivity contribution is 9.10. The number of ether oxygens (including phenoxy) is 1. The summed E-state index contributed by atoms with van der Waals surface area (Å²) in [6.07, 6.45) is -0.218. The van der Waals surface area contributed by atoms with Gasteiger partial charge in [-0.1, -0.05) is 19.1 Å². The Morgan fingerprint density at radius 3 is 2.45 bits per heavy atom. The van der Waals surface area contributed by atoms with Crippen LogP contribution in [0.2, 0.25) is 0 Å². The van der Waals surface area contributed by atoms with E-state index in [1.165, 1.54) is 6.07 Å². The summed E-state index contributed by atoms with van der Waals surface area (Å²) >= 11 is 3.19. The molecule has 0 spiro atoms. The van der Waals surface area contributed by atoms with Gasteiger partial charge in [0.1, 0.15) is 0 Å². The number of sulfonamides is 1. The molecule has 0 heterocycles. The molecule has 5 nitrogen and oxygen atoms in total. The van der Waals surface area contributed by atoms with E-state index in [0.29, 0.717) is 4.47 Å². The van der Waals surface area contributed by atoms with Gasteiger partial charge < -0.3 is 4.74 Å². The van der Waals surface area contributed by atoms with Crippen LogP contribution in [0, 0.1) is 5.92 Å². The molecule has 1 aromatic rings. The van der Waals surface area contributed by atoms with Gasteiger partial charge in [-0.25, -0.2) is 13.1 Å². The van der Waals surface area contributed by atoms with Crippen LogP contribution in [0.4, 0.5) is 0 Å². The molecule has 0 saturated heterocycles. The monoisotopic (exact) mass is 363 g/mol. The standard InChI is InChI=1S/C13H18BrNO4S/c1-9(2)19-13(16)10(3)8-15-20(17,18)12-7-5-4-6-11(12)14/h4-7,9-10,15H,8H2,1-3H3/t10-/m0/s1. The molecule has 0 amide bonds. The summed E-state index contributed by atoms with van der Waals surface area (Å²) in [4.78, 5) is 11.8. The lowest BCUT2D eigenvalue weighted by atomic mass is 10.2. The number of benzene rings is 1. The van der Waals surface area contributed by atoms with Crippen LogP contribution in [0.25, 0.3) is 0 Å². The molecule has 1 rings (SSSR count). The van der Waals surface area contributed by atoms with Gasteiger partial charge in [-0.15, -0.1) is 0 Å². The Morgan fingerprint density at radius 2 is 1.90 bits per heavy atom. The van der Waals surface area contributed by atoms with E-state index < -0.39 is 21.9 Å². The van der Waals surface area contributed by atoms with Gasteiger partial charge >= 0.3 is 5.97 Å². The van der Waals surface area contributed by atoms with Crippen LogP contribution >= 0.6 is 15.9 Å². The zero-order valence-corrected chi connectivity index (χ0v) is 14.0. The molecule has 1 N–H and O–H groups in total. The number of hydrogen-bond acceptors (Lipinski definition) is 4. The zero-order valence-electron chi connectivity index (χ0n) is 11.6. The van der Waals surface area contributed by atoms with Gasteiger partial charge in [0.05, 0.1) is 16.9 Å². The zero-order chi connectivity index (χ0) is 15.3. The second kappa shape index (κ2) is 7.19. The van der Waals surface area contributed by atoms with Crippen molar-refractivity contribution in [1.82, 2.24) is 4.72 Å². The summed E-state index contributed by atoms with van der Waals surface area (Å²) in [6.45, 7) is 5.11. The summed E-state index contributed by atoms with van der Waals surface area (Å²) in [5.41, 5.74) is 0. The lowest BCUT2D eigenvalue weighted by molar-refractivity contribution is -0.151. The number of esters is 1. The largest absolute Gasteiger partial charge is 0.463 e. The van der Waals surface area contributed by atoms with Gasteiger partial charge in [0.25, 0.3) is 0 Å². The third-order valence-corrected chi connectivity index (χ3v) is 4.90. The molecule has 0 aliphatic heterocycles. The molecule has 0 bridgehead atoms. The van der Waals surface area contributed by atoms with E-state index >= 15 is 0 Å². The SMILES string of the molecule is CC(C)OC(=O)[C@@H](C)CNS(=O)(=O)c1ccccc1Br. The van der Waals surface area contributed by atoms with Crippen LogP contribution in [-0.4, -0.2) is 27.0 Å². The van der Waals surface area contributed by atoms with Gasteiger partial charge in [0, 0.05) is 11.0 Å². The Labute approximate surface area is 127 Å². The van der Waals surface area contributed by atoms with Crippen LogP contribution in [0.3, 0.4) is 0 Å². The molecule has 112 valence electrons. The minimum Gasteiger partial charge on any atom is -0.463 e. The first-order valence-corrected chi connectivity index (χ1v) is 8.46. The molecule has 0 aliphatic rings. The average Bonchev–Trinajstić information content (AvgIpc) is 2.35. The summed E-state index contributed by atoms with van der Waals surface area (Å²) in [7, 11) is -3.65. The van der Waals surface area contributed by atoms with Crippen molar-refractivity contribution in [1.29, 1.82) is 0 Å². The summed E-state index contributed by atoms with van der Waals surface area (Å²) in [5.74, 6) is -0.968. The maximum absolute atomic E-state index is 12.1. The minimum atomic E-state index is -3.65. The Bertz CT molecular complexity index is 571. The van der Waals surface area contributed by atoms with Crippen molar-refractivity contribution in [2.75, 3.05) is 6.54 Å². The third kappa shape index (κ3) is 4.88. The fourth-order valence-corrected chi connectivity index (χ4v) is 3.54. The molecule has 0 radical (unpaired) electrons. The van der Waals surface area contributed by atoms with E-state index in [9.17, 15) is 13.2 Å². The van der Waals surface area contributed by atoms with E-state index in [4.69, 9.17) is 4.74 Å². The van der Waals surface area contributed by atoms with Gasteiger partial charge in [-0.05, 0) is 41.9 Å². The topological polar surface area (TPSA) is 72.5 Å². The van der Waals surface area contributed by atoms with Crippen LogP contribution in [-0.2, 0) is 19.6 Å². The molecule has 0 saturated carbocycles. The predicted molar refractivity (Wildman–Crippen MR) is 79.7 cm³/mol.